The fraction of sp³-hybridized carbons (Fsp3) is 0.571. The van der Waals surface area contributed by atoms with Gasteiger partial charge in [-0.15, -0.1) is 11.6 Å². The van der Waals surface area contributed by atoms with Crippen LogP contribution in [-0.2, 0) is 11.3 Å². The van der Waals surface area contributed by atoms with Crippen LogP contribution in [0.25, 0.3) is 11.2 Å². The number of ether oxygens (including phenoxy) is 1. The Balaban J connectivity index is 2.08. The third-order valence-corrected chi connectivity index (χ3v) is 3.88. The highest BCUT2D eigenvalue weighted by atomic mass is 35.5. The minimum absolute atomic E-state index is 0.115. The van der Waals surface area contributed by atoms with Crippen molar-refractivity contribution < 1.29 is 4.74 Å². The van der Waals surface area contributed by atoms with Crippen molar-refractivity contribution in [3.63, 3.8) is 0 Å². The maximum absolute atomic E-state index is 6.28. The Hall–Kier alpha value is -1.13. The molecule has 0 aliphatic carbocycles. The Labute approximate surface area is 117 Å². The average Bonchev–Trinajstić information content (AvgIpc) is 2.99. The fourth-order valence-corrected chi connectivity index (χ4v) is 2.79. The summed E-state index contributed by atoms with van der Waals surface area (Å²) in [6.07, 6.45) is 2.94. The Morgan fingerprint density at radius 1 is 1.58 bits per heavy atom. The molecule has 0 aromatic carbocycles. The number of hydrogen-bond acceptors (Lipinski definition) is 3. The molecule has 2 atom stereocenters. The van der Waals surface area contributed by atoms with E-state index in [4.69, 9.17) is 16.3 Å². The zero-order valence-electron chi connectivity index (χ0n) is 11.3. The summed E-state index contributed by atoms with van der Waals surface area (Å²) in [4.78, 5) is 9.17. The van der Waals surface area contributed by atoms with E-state index in [1.54, 1.807) is 0 Å². The summed E-state index contributed by atoms with van der Waals surface area (Å²) < 4.78 is 7.62. The van der Waals surface area contributed by atoms with Crippen molar-refractivity contribution >= 4 is 22.8 Å². The van der Waals surface area contributed by atoms with E-state index < -0.39 is 0 Å². The number of nitrogens with zero attached hydrogens (tertiary/aromatic N) is 3. The molecule has 0 spiro atoms. The third-order valence-electron chi connectivity index (χ3n) is 3.69. The maximum atomic E-state index is 6.28. The van der Waals surface area contributed by atoms with Gasteiger partial charge >= 0.3 is 0 Å². The van der Waals surface area contributed by atoms with Gasteiger partial charge in [0.25, 0.3) is 0 Å². The van der Waals surface area contributed by atoms with Crippen molar-refractivity contribution in [3.8, 4) is 0 Å². The molecule has 0 saturated carbocycles. The van der Waals surface area contributed by atoms with E-state index in [9.17, 15) is 0 Å². The normalized spacial score (nSPS) is 21.1. The highest BCUT2D eigenvalue weighted by Crippen LogP contribution is 2.27. The summed E-state index contributed by atoms with van der Waals surface area (Å²) in [5.41, 5.74) is 3.04. The quantitative estimate of drug-likeness (QED) is 0.811. The first kappa shape index (κ1) is 12.9. The second-order valence-electron chi connectivity index (χ2n) is 5.23. The van der Waals surface area contributed by atoms with Crippen molar-refractivity contribution in [2.24, 2.45) is 5.92 Å². The first-order valence-corrected chi connectivity index (χ1v) is 7.14. The summed E-state index contributed by atoms with van der Waals surface area (Å²) in [7, 11) is 0. The molecule has 1 aliphatic heterocycles. The van der Waals surface area contributed by atoms with Crippen molar-refractivity contribution in [1.29, 1.82) is 0 Å². The molecule has 3 heterocycles. The van der Waals surface area contributed by atoms with E-state index in [0.717, 1.165) is 48.7 Å². The van der Waals surface area contributed by atoms with Gasteiger partial charge in [0.2, 0.25) is 0 Å². The smallest absolute Gasteiger partial charge is 0.160 e. The summed E-state index contributed by atoms with van der Waals surface area (Å²) in [5, 5.41) is -0.115. The number of aromatic nitrogens is 3. The number of rotatable bonds is 3. The minimum Gasteiger partial charge on any atom is -0.381 e. The van der Waals surface area contributed by atoms with E-state index in [-0.39, 0.29) is 5.38 Å². The molecule has 4 nitrogen and oxygen atoms in total. The molecule has 0 N–H and O–H groups in total. The Kier molecular flexibility index (Phi) is 3.46. The molecule has 2 aromatic rings. The Morgan fingerprint density at radius 3 is 3.11 bits per heavy atom. The maximum Gasteiger partial charge on any atom is 0.160 e. The summed E-state index contributed by atoms with van der Waals surface area (Å²) >= 11 is 6.28. The topological polar surface area (TPSA) is 39.9 Å². The second-order valence-corrected chi connectivity index (χ2v) is 5.88. The second kappa shape index (κ2) is 5.10. The molecular weight excluding hydrogens is 262 g/mol. The third kappa shape index (κ3) is 2.35. The average molecular weight is 280 g/mol. The van der Waals surface area contributed by atoms with Crippen LogP contribution in [0.4, 0.5) is 0 Å². The molecule has 0 amide bonds. The van der Waals surface area contributed by atoms with E-state index in [1.807, 2.05) is 19.2 Å². The van der Waals surface area contributed by atoms with Gasteiger partial charge in [-0.1, -0.05) is 0 Å². The Bertz CT molecular complexity index is 588. The van der Waals surface area contributed by atoms with E-state index in [2.05, 4.69) is 21.5 Å². The number of imidazole rings is 1. The first-order chi connectivity index (χ1) is 9.16. The van der Waals surface area contributed by atoms with Gasteiger partial charge in [-0.3, -0.25) is 0 Å². The highest BCUT2D eigenvalue weighted by Gasteiger charge is 2.22. The molecule has 2 aromatic heterocycles. The van der Waals surface area contributed by atoms with Crippen LogP contribution in [0.3, 0.4) is 0 Å². The predicted octanol–water partition coefficient (Wildman–Crippen LogP) is 3.08. The van der Waals surface area contributed by atoms with Crippen LogP contribution in [0.5, 0.6) is 0 Å². The molecule has 1 aliphatic rings. The lowest BCUT2D eigenvalue weighted by atomic mass is 10.1. The molecule has 2 unspecified atom stereocenters. The standard InChI is InChI=1S/C14H18ClN3O/c1-9-3-5-16-14-12(9)17-13(10(2)15)18(14)7-11-4-6-19-8-11/h3,5,10-11H,4,6-8H2,1-2H3. The number of hydrogen-bond donors (Lipinski definition) is 0. The molecule has 3 rings (SSSR count). The van der Waals surface area contributed by atoms with Gasteiger partial charge in [-0.05, 0) is 31.9 Å². The van der Waals surface area contributed by atoms with Gasteiger partial charge in [-0.2, -0.15) is 0 Å². The monoisotopic (exact) mass is 279 g/mol. The number of fused-ring (bicyclic) bond motifs is 1. The van der Waals surface area contributed by atoms with Crippen molar-refractivity contribution in [3.05, 3.63) is 23.7 Å². The molecule has 19 heavy (non-hydrogen) atoms. The van der Waals surface area contributed by atoms with Gasteiger partial charge in [0, 0.05) is 25.3 Å². The lowest BCUT2D eigenvalue weighted by Crippen LogP contribution is -2.14. The largest absolute Gasteiger partial charge is 0.381 e. The van der Waals surface area contributed by atoms with Crippen molar-refractivity contribution in [2.45, 2.75) is 32.2 Å². The van der Waals surface area contributed by atoms with E-state index in [1.165, 1.54) is 0 Å². The van der Waals surface area contributed by atoms with Gasteiger partial charge < -0.3 is 9.30 Å². The number of halogens is 1. The summed E-state index contributed by atoms with van der Waals surface area (Å²) in [6.45, 7) is 6.58. The fourth-order valence-electron chi connectivity index (χ4n) is 2.62. The van der Waals surface area contributed by atoms with Crippen LogP contribution in [0.2, 0.25) is 0 Å². The van der Waals surface area contributed by atoms with Gasteiger partial charge in [0.15, 0.2) is 5.65 Å². The van der Waals surface area contributed by atoms with Gasteiger partial charge in [0.1, 0.15) is 11.3 Å². The zero-order valence-corrected chi connectivity index (χ0v) is 12.0. The highest BCUT2D eigenvalue weighted by molar-refractivity contribution is 6.20. The minimum atomic E-state index is -0.115. The van der Waals surface area contributed by atoms with Crippen LogP contribution < -0.4 is 0 Å². The summed E-state index contributed by atoms with van der Waals surface area (Å²) in [5.74, 6) is 1.44. The predicted molar refractivity (Wildman–Crippen MR) is 75.5 cm³/mol. The molecular formula is C14H18ClN3O. The number of pyridine rings is 1. The number of aryl methyl sites for hydroxylation is 1. The van der Waals surface area contributed by atoms with Crippen molar-refractivity contribution in [2.75, 3.05) is 13.2 Å². The van der Waals surface area contributed by atoms with Crippen LogP contribution in [0.1, 0.15) is 30.1 Å². The number of alkyl halides is 1. The molecule has 0 radical (unpaired) electrons. The van der Waals surface area contributed by atoms with Gasteiger partial charge in [-0.25, -0.2) is 9.97 Å². The van der Waals surface area contributed by atoms with Crippen LogP contribution in [0.15, 0.2) is 12.3 Å². The van der Waals surface area contributed by atoms with Crippen LogP contribution in [-0.4, -0.2) is 27.7 Å². The van der Waals surface area contributed by atoms with E-state index in [0.29, 0.717) is 5.92 Å². The molecule has 5 heteroatoms. The van der Waals surface area contributed by atoms with Crippen molar-refractivity contribution in [1.82, 2.24) is 14.5 Å². The van der Waals surface area contributed by atoms with Crippen LogP contribution in [0, 0.1) is 12.8 Å². The molecule has 102 valence electrons. The molecule has 0 bridgehead atoms. The first-order valence-electron chi connectivity index (χ1n) is 6.70. The van der Waals surface area contributed by atoms with Gasteiger partial charge in [0.05, 0.1) is 12.0 Å². The lowest BCUT2D eigenvalue weighted by molar-refractivity contribution is 0.182. The SMILES string of the molecule is Cc1ccnc2c1nc(C(C)Cl)n2CC1CCOC1. The molecule has 1 fully saturated rings. The Morgan fingerprint density at radius 2 is 2.42 bits per heavy atom. The lowest BCUT2D eigenvalue weighted by Gasteiger charge is -2.13. The van der Waals surface area contributed by atoms with E-state index >= 15 is 0 Å². The summed E-state index contributed by atoms with van der Waals surface area (Å²) in [6, 6.07) is 1.99. The molecule has 1 saturated heterocycles. The van der Waals surface area contributed by atoms with Crippen LogP contribution >= 0.6 is 11.6 Å². The zero-order chi connectivity index (χ0) is 13.4.